The molecule has 0 aliphatic carbocycles. The second kappa shape index (κ2) is 6.09. The Kier molecular flexibility index (Phi) is 7.90. The van der Waals surface area contributed by atoms with Crippen LogP contribution in [-0.2, 0) is 4.79 Å². The summed E-state index contributed by atoms with van der Waals surface area (Å²) < 4.78 is 0. The topological polar surface area (TPSA) is 63.3 Å². The maximum atomic E-state index is 10.1. The van der Waals surface area contributed by atoms with Crippen LogP contribution in [0.25, 0.3) is 0 Å². The van der Waals surface area contributed by atoms with Crippen molar-refractivity contribution in [3.63, 3.8) is 0 Å². The summed E-state index contributed by atoms with van der Waals surface area (Å²) in [6.45, 7) is 3.89. The molecule has 0 aromatic heterocycles. The molecule has 0 saturated carbocycles. The van der Waals surface area contributed by atoms with Crippen molar-refractivity contribution in [3.8, 4) is 0 Å². The fraction of sp³-hybridized carbons (Fsp3) is 0.833. The molecule has 1 atom stereocenters. The van der Waals surface area contributed by atoms with E-state index in [1.54, 1.807) is 0 Å². The normalized spacial score (nSPS) is 12.4. The molecule has 10 heavy (non-hydrogen) atoms. The summed E-state index contributed by atoms with van der Waals surface area (Å²) in [5.74, 6) is -0.556. The van der Waals surface area contributed by atoms with Crippen molar-refractivity contribution in [2.75, 3.05) is 0 Å². The van der Waals surface area contributed by atoms with Crippen LogP contribution in [0.4, 0.5) is 0 Å². The van der Waals surface area contributed by atoms with E-state index >= 15 is 0 Å². The summed E-state index contributed by atoms with van der Waals surface area (Å²) in [6, 6.07) is -0.690. The van der Waals surface area contributed by atoms with Crippen LogP contribution < -0.4 is 5.73 Å². The molecule has 0 heterocycles. The molecular formula is C6H15NO2Pb. The predicted molar refractivity (Wildman–Crippen MR) is 43.6 cm³/mol. The van der Waals surface area contributed by atoms with Crippen molar-refractivity contribution in [2.45, 2.75) is 26.3 Å². The zero-order valence-corrected chi connectivity index (χ0v) is 12.0. The molecule has 0 aliphatic rings. The predicted octanol–water partition coefficient (Wildman–Crippen LogP) is -0.472. The van der Waals surface area contributed by atoms with Crippen LogP contribution in [0.15, 0.2) is 0 Å². The van der Waals surface area contributed by atoms with Crippen LogP contribution in [0, 0.1) is 5.92 Å². The molecule has 0 aromatic rings. The van der Waals surface area contributed by atoms with Crippen molar-refractivity contribution >= 4 is 33.3 Å². The average molecular weight is 340 g/mol. The number of hydrogen-bond donors (Lipinski definition) is 2. The van der Waals surface area contributed by atoms with E-state index in [0.29, 0.717) is 12.3 Å². The number of aliphatic carboxylic acids is 1. The van der Waals surface area contributed by atoms with Crippen molar-refractivity contribution in [1.82, 2.24) is 0 Å². The van der Waals surface area contributed by atoms with Crippen molar-refractivity contribution in [2.24, 2.45) is 11.7 Å². The van der Waals surface area contributed by atoms with E-state index in [1.807, 2.05) is 13.8 Å². The number of carbonyl (C=O) groups is 1. The van der Waals surface area contributed by atoms with Crippen LogP contribution in [0.5, 0.6) is 0 Å². The van der Waals surface area contributed by atoms with Gasteiger partial charge >= 0.3 is 33.3 Å². The van der Waals surface area contributed by atoms with Crippen LogP contribution >= 0.6 is 0 Å². The third-order valence-electron chi connectivity index (χ3n) is 1.04. The van der Waals surface area contributed by atoms with Gasteiger partial charge in [0.2, 0.25) is 0 Å². The number of rotatable bonds is 3. The molecule has 0 aromatic carbocycles. The third-order valence-corrected chi connectivity index (χ3v) is 1.04. The maximum absolute atomic E-state index is 10.1. The van der Waals surface area contributed by atoms with Gasteiger partial charge in [0.1, 0.15) is 6.04 Å². The SMILES string of the molecule is CC(C)C[C@H](N)C(=O)O.[PbH2]. The van der Waals surface area contributed by atoms with E-state index in [2.05, 4.69) is 0 Å². The molecule has 0 bridgehead atoms. The van der Waals surface area contributed by atoms with Gasteiger partial charge in [-0.2, -0.15) is 0 Å². The minimum atomic E-state index is -0.913. The fourth-order valence-corrected chi connectivity index (χ4v) is 0.609. The summed E-state index contributed by atoms with van der Waals surface area (Å²) in [5.41, 5.74) is 5.22. The van der Waals surface area contributed by atoms with Gasteiger partial charge in [-0.25, -0.2) is 0 Å². The van der Waals surface area contributed by atoms with Crippen molar-refractivity contribution in [1.29, 1.82) is 0 Å². The Labute approximate surface area is 81.1 Å². The second-order valence-electron chi connectivity index (χ2n) is 2.57. The van der Waals surface area contributed by atoms with Crippen LogP contribution in [-0.4, -0.2) is 44.4 Å². The van der Waals surface area contributed by atoms with Crippen molar-refractivity contribution in [3.05, 3.63) is 0 Å². The summed E-state index contributed by atoms with van der Waals surface area (Å²) in [6.07, 6.45) is 0.551. The van der Waals surface area contributed by atoms with Gasteiger partial charge in [-0.15, -0.1) is 0 Å². The summed E-state index contributed by atoms with van der Waals surface area (Å²) in [7, 11) is 0. The van der Waals surface area contributed by atoms with Gasteiger partial charge in [0.05, 0.1) is 0 Å². The zero-order chi connectivity index (χ0) is 7.44. The Morgan fingerprint density at radius 3 is 2.10 bits per heavy atom. The Morgan fingerprint density at radius 2 is 2.00 bits per heavy atom. The molecular weight excluding hydrogens is 325 g/mol. The molecule has 3 nitrogen and oxygen atoms in total. The van der Waals surface area contributed by atoms with Crippen molar-refractivity contribution < 1.29 is 9.90 Å². The first-order valence-electron chi connectivity index (χ1n) is 3.02. The molecule has 60 valence electrons. The molecule has 0 spiro atoms. The summed E-state index contributed by atoms with van der Waals surface area (Å²) in [5, 5.41) is 8.31. The van der Waals surface area contributed by atoms with Crippen LogP contribution in [0.3, 0.4) is 0 Å². The number of carboxylic acid groups (broad SMARTS) is 1. The fourth-order valence-electron chi connectivity index (χ4n) is 0.609. The molecule has 2 radical (unpaired) electrons. The van der Waals surface area contributed by atoms with E-state index in [1.165, 1.54) is 0 Å². The van der Waals surface area contributed by atoms with Crippen LogP contribution in [0.1, 0.15) is 20.3 Å². The molecule has 0 unspecified atom stereocenters. The van der Waals surface area contributed by atoms with E-state index in [0.717, 1.165) is 0 Å². The average Bonchev–Trinajstić information content (AvgIpc) is 1.63. The van der Waals surface area contributed by atoms with Gasteiger partial charge in [-0.05, 0) is 12.3 Å². The quantitative estimate of drug-likeness (QED) is 0.683. The van der Waals surface area contributed by atoms with Gasteiger partial charge in [0.25, 0.3) is 0 Å². The van der Waals surface area contributed by atoms with Gasteiger partial charge in [0, 0.05) is 0 Å². The minimum absolute atomic E-state index is 0. The van der Waals surface area contributed by atoms with E-state index in [-0.39, 0.29) is 27.3 Å². The summed E-state index contributed by atoms with van der Waals surface area (Å²) >= 11 is 0. The van der Waals surface area contributed by atoms with Gasteiger partial charge in [-0.3, -0.25) is 4.79 Å². The summed E-state index contributed by atoms with van der Waals surface area (Å²) in [4.78, 5) is 10.1. The van der Waals surface area contributed by atoms with Crippen LogP contribution in [0.2, 0.25) is 0 Å². The molecule has 0 saturated heterocycles. The number of carboxylic acids is 1. The zero-order valence-electron chi connectivity index (χ0n) is 6.50. The molecule has 3 N–H and O–H groups in total. The Balaban J connectivity index is 0. The number of nitrogens with two attached hydrogens (primary N) is 1. The first kappa shape index (κ1) is 13.0. The molecule has 0 rings (SSSR count). The van der Waals surface area contributed by atoms with Gasteiger partial charge < -0.3 is 10.8 Å². The first-order valence-corrected chi connectivity index (χ1v) is 3.02. The molecule has 0 amide bonds. The molecule has 4 heteroatoms. The van der Waals surface area contributed by atoms with E-state index in [9.17, 15) is 4.79 Å². The molecule has 0 aliphatic heterocycles. The van der Waals surface area contributed by atoms with Gasteiger partial charge in [-0.1, -0.05) is 13.8 Å². The van der Waals surface area contributed by atoms with E-state index in [4.69, 9.17) is 10.8 Å². The third kappa shape index (κ3) is 6.47. The van der Waals surface area contributed by atoms with Gasteiger partial charge in [0.15, 0.2) is 0 Å². The van der Waals surface area contributed by atoms with E-state index < -0.39 is 12.0 Å². The second-order valence-corrected chi connectivity index (χ2v) is 2.57. The molecule has 0 fully saturated rings. The Morgan fingerprint density at radius 1 is 1.60 bits per heavy atom. The standard InChI is InChI=1S/C6H13NO2.Pb.2H/c1-4(2)3-5(7)6(8)9;;;/h4-5H,3,7H2,1-2H3,(H,8,9);;;/t5-;;;/m0.../s1. The first-order chi connectivity index (χ1) is 4.04. The monoisotopic (exact) mass is 341 g/mol. The Bertz CT molecular complexity index is 106. The Hall–Kier alpha value is 0.352. The number of hydrogen-bond acceptors (Lipinski definition) is 2.